The second-order valence-electron chi connectivity index (χ2n) is 8.84. The number of rotatable bonds is 14. The van der Waals surface area contributed by atoms with Crippen LogP contribution >= 0.6 is 0 Å². The largest absolute Gasteiger partial charge is 0.497 e. The predicted molar refractivity (Wildman–Crippen MR) is 144 cm³/mol. The van der Waals surface area contributed by atoms with E-state index in [9.17, 15) is 4.79 Å². The standard InChI is InChI=1S/C30H35N3O3/c1-35-26-16-12-13-24(23-26)30(34)31-20-9-3-6-19-29-32-27-17-7-8-18-28(27)33(29)21-10-11-22-36-25-14-4-2-5-15-25/h2,4-5,7-8,12-18,23H,3,6,9-11,19-22H2,1H3,(H,31,34). The molecule has 0 radical (unpaired) electrons. The molecule has 0 fully saturated rings. The van der Waals surface area contributed by atoms with Crippen LogP contribution in [0, 0.1) is 0 Å². The SMILES string of the molecule is COc1cccc(C(=O)NCCCCCc2nc3ccccc3n2CCCCOc2ccccc2)c1. The summed E-state index contributed by atoms with van der Waals surface area (Å²) in [4.78, 5) is 17.3. The molecule has 0 aliphatic heterocycles. The van der Waals surface area contributed by atoms with Gasteiger partial charge in [0.2, 0.25) is 0 Å². The van der Waals surface area contributed by atoms with Crippen molar-refractivity contribution in [2.45, 2.75) is 45.1 Å². The Labute approximate surface area is 213 Å². The Hall–Kier alpha value is -3.80. The summed E-state index contributed by atoms with van der Waals surface area (Å²) in [5.74, 6) is 2.69. The number of carbonyl (C=O) groups is 1. The first-order valence-corrected chi connectivity index (χ1v) is 12.8. The fourth-order valence-corrected chi connectivity index (χ4v) is 4.30. The summed E-state index contributed by atoms with van der Waals surface area (Å²) in [7, 11) is 1.60. The predicted octanol–water partition coefficient (Wildman–Crippen LogP) is 6.05. The Kier molecular flexibility index (Phi) is 9.37. The van der Waals surface area contributed by atoms with E-state index in [2.05, 4.69) is 28.1 Å². The molecular formula is C30H35N3O3. The average Bonchev–Trinajstić information content (AvgIpc) is 3.28. The number of aryl methyl sites for hydroxylation is 2. The van der Waals surface area contributed by atoms with Gasteiger partial charge in [-0.05, 0) is 68.1 Å². The Bertz CT molecular complexity index is 1240. The number of benzene rings is 3. The van der Waals surface area contributed by atoms with Gasteiger partial charge >= 0.3 is 0 Å². The minimum atomic E-state index is -0.0630. The van der Waals surface area contributed by atoms with E-state index in [0.717, 1.165) is 62.2 Å². The zero-order chi connectivity index (χ0) is 25.0. The summed E-state index contributed by atoms with van der Waals surface area (Å²) >= 11 is 0. The minimum absolute atomic E-state index is 0.0630. The highest BCUT2D eigenvalue weighted by atomic mass is 16.5. The molecule has 0 spiro atoms. The normalized spacial score (nSPS) is 10.9. The number of aromatic nitrogens is 2. The monoisotopic (exact) mass is 485 g/mol. The average molecular weight is 486 g/mol. The van der Waals surface area contributed by atoms with Crippen LogP contribution in [0.3, 0.4) is 0 Å². The third-order valence-corrected chi connectivity index (χ3v) is 6.22. The van der Waals surface area contributed by atoms with Crippen LogP contribution in [0.1, 0.15) is 48.3 Å². The van der Waals surface area contributed by atoms with Crippen LogP contribution in [0.4, 0.5) is 0 Å². The Morgan fingerprint density at radius 1 is 0.861 bits per heavy atom. The second kappa shape index (κ2) is 13.3. The van der Waals surface area contributed by atoms with Crippen LogP contribution in [0.5, 0.6) is 11.5 Å². The van der Waals surface area contributed by atoms with Crippen molar-refractivity contribution in [3.05, 3.63) is 90.3 Å². The molecule has 0 bridgehead atoms. The van der Waals surface area contributed by atoms with Crippen molar-refractivity contribution in [1.29, 1.82) is 0 Å². The van der Waals surface area contributed by atoms with E-state index in [-0.39, 0.29) is 5.91 Å². The van der Waals surface area contributed by atoms with Crippen molar-refractivity contribution in [2.75, 3.05) is 20.3 Å². The first kappa shape index (κ1) is 25.3. The summed E-state index contributed by atoms with van der Waals surface area (Å²) in [6, 6.07) is 25.6. The number of imidazole rings is 1. The molecule has 188 valence electrons. The zero-order valence-corrected chi connectivity index (χ0v) is 21.0. The van der Waals surface area contributed by atoms with Gasteiger partial charge in [-0.1, -0.05) is 42.8 Å². The van der Waals surface area contributed by atoms with Crippen molar-refractivity contribution < 1.29 is 14.3 Å². The molecule has 6 nitrogen and oxygen atoms in total. The first-order chi connectivity index (χ1) is 17.7. The number of para-hydroxylation sites is 3. The van der Waals surface area contributed by atoms with Gasteiger partial charge in [0.05, 0.1) is 24.8 Å². The minimum Gasteiger partial charge on any atom is -0.497 e. The fraction of sp³-hybridized carbons (Fsp3) is 0.333. The summed E-state index contributed by atoms with van der Waals surface area (Å²) in [5.41, 5.74) is 2.87. The van der Waals surface area contributed by atoms with E-state index in [1.807, 2.05) is 48.5 Å². The number of ether oxygens (including phenoxy) is 2. The Morgan fingerprint density at radius 2 is 1.67 bits per heavy atom. The van der Waals surface area contributed by atoms with E-state index in [1.54, 1.807) is 19.2 Å². The lowest BCUT2D eigenvalue weighted by atomic mass is 10.1. The highest BCUT2D eigenvalue weighted by Gasteiger charge is 2.10. The van der Waals surface area contributed by atoms with Crippen LogP contribution in [-0.4, -0.2) is 35.7 Å². The van der Waals surface area contributed by atoms with E-state index in [4.69, 9.17) is 14.5 Å². The van der Waals surface area contributed by atoms with E-state index < -0.39 is 0 Å². The molecule has 1 heterocycles. The quantitative estimate of drug-likeness (QED) is 0.221. The van der Waals surface area contributed by atoms with Gasteiger partial charge in [-0.2, -0.15) is 0 Å². The summed E-state index contributed by atoms with van der Waals surface area (Å²) in [5, 5.41) is 3.01. The molecule has 1 N–H and O–H groups in total. The van der Waals surface area contributed by atoms with Gasteiger partial charge in [-0.15, -0.1) is 0 Å². The van der Waals surface area contributed by atoms with Crippen molar-refractivity contribution in [3.8, 4) is 11.5 Å². The number of nitrogens with zero attached hydrogens (tertiary/aromatic N) is 2. The van der Waals surface area contributed by atoms with Gasteiger partial charge in [0.25, 0.3) is 5.91 Å². The maximum Gasteiger partial charge on any atom is 0.251 e. The number of methoxy groups -OCH3 is 1. The molecule has 0 saturated carbocycles. The molecule has 0 atom stereocenters. The molecule has 4 rings (SSSR count). The number of carbonyl (C=O) groups excluding carboxylic acids is 1. The molecule has 0 unspecified atom stereocenters. The molecule has 0 saturated heterocycles. The van der Waals surface area contributed by atoms with Gasteiger partial charge < -0.3 is 19.4 Å². The molecule has 0 aliphatic rings. The number of fused-ring (bicyclic) bond motifs is 1. The number of hydrogen-bond acceptors (Lipinski definition) is 4. The van der Waals surface area contributed by atoms with E-state index in [1.165, 1.54) is 5.52 Å². The highest BCUT2D eigenvalue weighted by Crippen LogP contribution is 2.19. The molecule has 36 heavy (non-hydrogen) atoms. The van der Waals surface area contributed by atoms with Crippen LogP contribution in [-0.2, 0) is 13.0 Å². The lowest BCUT2D eigenvalue weighted by Crippen LogP contribution is -2.24. The van der Waals surface area contributed by atoms with Gasteiger partial charge in [0, 0.05) is 25.1 Å². The van der Waals surface area contributed by atoms with Gasteiger partial charge in [-0.25, -0.2) is 4.98 Å². The highest BCUT2D eigenvalue weighted by molar-refractivity contribution is 5.94. The molecule has 1 amide bonds. The van der Waals surface area contributed by atoms with Crippen LogP contribution in [0.25, 0.3) is 11.0 Å². The van der Waals surface area contributed by atoms with Crippen LogP contribution < -0.4 is 14.8 Å². The van der Waals surface area contributed by atoms with E-state index >= 15 is 0 Å². The van der Waals surface area contributed by atoms with Crippen molar-refractivity contribution >= 4 is 16.9 Å². The molecule has 3 aromatic carbocycles. The van der Waals surface area contributed by atoms with Crippen LogP contribution in [0.2, 0.25) is 0 Å². The first-order valence-electron chi connectivity index (χ1n) is 12.8. The topological polar surface area (TPSA) is 65.4 Å². The lowest BCUT2D eigenvalue weighted by Gasteiger charge is -2.10. The van der Waals surface area contributed by atoms with Gasteiger partial charge in [0.1, 0.15) is 17.3 Å². The van der Waals surface area contributed by atoms with Gasteiger partial charge in [-0.3, -0.25) is 4.79 Å². The lowest BCUT2D eigenvalue weighted by molar-refractivity contribution is 0.0952. The van der Waals surface area contributed by atoms with Crippen molar-refractivity contribution in [2.24, 2.45) is 0 Å². The maximum absolute atomic E-state index is 12.3. The second-order valence-corrected chi connectivity index (χ2v) is 8.84. The third-order valence-electron chi connectivity index (χ3n) is 6.22. The third kappa shape index (κ3) is 7.11. The summed E-state index contributed by atoms with van der Waals surface area (Å²) < 4.78 is 13.4. The maximum atomic E-state index is 12.3. The number of hydrogen-bond donors (Lipinski definition) is 1. The summed E-state index contributed by atoms with van der Waals surface area (Å²) in [6.07, 6.45) is 5.97. The molecule has 4 aromatic rings. The summed E-state index contributed by atoms with van der Waals surface area (Å²) in [6.45, 7) is 2.31. The Morgan fingerprint density at radius 3 is 2.53 bits per heavy atom. The number of unbranched alkanes of at least 4 members (excludes halogenated alkanes) is 3. The number of amides is 1. The zero-order valence-electron chi connectivity index (χ0n) is 21.0. The molecular weight excluding hydrogens is 450 g/mol. The van der Waals surface area contributed by atoms with Crippen molar-refractivity contribution in [1.82, 2.24) is 14.9 Å². The van der Waals surface area contributed by atoms with E-state index in [0.29, 0.717) is 24.5 Å². The number of nitrogens with one attached hydrogen (secondary N) is 1. The Balaban J connectivity index is 1.21. The van der Waals surface area contributed by atoms with Crippen LogP contribution in [0.15, 0.2) is 78.9 Å². The molecule has 1 aromatic heterocycles. The van der Waals surface area contributed by atoms with Crippen molar-refractivity contribution in [3.63, 3.8) is 0 Å². The fourth-order valence-electron chi connectivity index (χ4n) is 4.30. The smallest absolute Gasteiger partial charge is 0.251 e. The molecule has 6 heteroatoms. The van der Waals surface area contributed by atoms with Gasteiger partial charge in [0.15, 0.2) is 0 Å². The molecule has 0 aliphatic carbocycles.